The summed E-state index contributed by atoms with van der Waals surface area (Å²) in [6, 6.07) is 4.11. The van der Waals surface area contributed by atoms with Crippen LogP contribution in [0.5, 0.6) is 0 Å². The maximum atomic E-state index is 13.4. The molecule has 2 aromatic heterocycles. The Labute approximate surface area is 172 Å². The molecule has 1 amide bonds. The summed E-state index contributed by atoms with van der Waals surface area (Å²) in [7, 11) is 0. The second kappa shape index (κ2) is 7.30. The van der Waals surface area contributed by atoms with Gasteiger partial charge in [-0.05, 0) is 43.9 Å². The molecule has 0 bridgehead atoms. The molecule has 0 atom stereocenters. The van der Waals surface area contributed by atoms with E-state index < -0.39 is 5.82 Å². The molecular formula is C21H21ClFN5O. The number of carbonyl (C=O) groups excluding carboxylic acids is 1. The molecule has 0 N–H and O–H groups in total. The van der Waals surface area contributed by atoms with Gasteiger partial charge in [0.1, 0.15) is 11.3 Å². The number of aromatic nitrogens is 3. The predicted octanol–water partition coefficient (Wildman–Crippen LogP) is 3.36. The molecule has 150 valence electrons. The monoisotopic (exact) mass is 413 g/mol. The molecule has 0 unspecified atom stereocenters. The van der Waals surface area contributed by atoms with Crippen LogP contribution in [0.1, 0.15) is 34.5 Å². The van der Waals surface area contributed by atoms with Gasteiger partial charge in [-0.15, -0.1) is 0 Å². The standard InChI is InChI=1S/C21H21ClFN5O/c22-16-13-14(5-6-17(16)23)21(29)27-11-9-26(10-12-27)20-19-15-3-1-2-4-18(15)25-28(19)8-7-24-20/h5-8,13H,1-4,9-12H2. The summed E-state index contributed by atoms with van der Waals surface area (Å²) >= 11 is 5.83. The molecule has 3 heterocycles. The summed E-state index contributed by atoms with van der Waals surface area (Å²) in [5.74, 6) is 0.302. The molecule has 0 saturated carbocycles. The van der Waals surface area contributed by atoms with Crippen molar-refractivity contribution in [3.05, 3.63) is 58.3 Å². The third kappa shape index (κ3) is 3.23. The largest absolute Gasteiger partial charge is 0.351 e. The maximum absolute atomic E-state index is 13.4. The first-order valence-corrected chi connectivity index (χ1v) is 10.3. The van der Waals surface area contributed by atoms with Crippen LogP contribution in [0.15, 0.2) is 30.6 Å². The Balaban J connectivity index is 1.36. The van der Waals surface area contributed by atoms with Gasteiger partial charge in [0, 0.05) is 49.7 Å². The zero-order chi connectivity index (χ0) is 20.0. The lowest BCUT2D eigenvalue weighted by Crippen LogP contribution is -2.49. The van der Waals surface area contributed by atoms with Crippen molar-refractivity contribution in [3.63, 3.8) is 0 Å². The average molecular weight is 414 g/mol. The normalized spacial score (nSPS) is 16.9. The van der Waals surface area contributed by atoms with E-state index in [0.717, 1.165) is 24.2 Å². The van der Waals surface area contributed by atoms with Gasteiger partial charge in [-0.1, -0.05) is 11.6 Å². The number of rotatable bonds is 2. The highest BCUT2D eigenvalue weighted by Crippen LogP contribution is 2.30. The van der Waals surface area contributed by atoms with Gasteiger partial charge in [-0.3, -0.25) is 4.79 Å². The van der Waals surface area contributed by atoms with Crippen LogP contribution >= 0.6 is 11.6 Å². The SMILES string of the molecule is O=C(c1ccc(F)c(Cl)c1)N1CCN(c2nccn3nc4c(c23)CCCC4)CC1. The van der Waals surface area contributed by atoms with E-state index in [1.165, 1.54) is 42.3 Å². The number of carbonyl (C=O) groups is 1. The van der Waals surface area contributed by atoms with E-state index in [4.69, 9.17) is 16.7 Å². The lowest BCUT2D eigenvalue weighted by molar-refractivity contribution is 0.0746. The number of amides is 1. The Morgan fingerprint density at radius 1 is 1.10 bits per heavy atom. The van der Waals surface area contributed by atoms with Gasteiger partial charge in [0.15, 0.2) is 5.82 Å². The second-order valence-electron chi connectivity index (χ2n) is 7.58. The van der Waals surface area contributed by atoms with Gasteiger partial charge in [0.2, 0.25) is 0 Å². The van der Waals surface area contributed by atoms with Crippen molar-refractivity contribution in [2.75, 3.05) is 31.1 Å². The molecule has 1 aliphatic heterocycles. The van der Waals surface area contributed by atoms with Gasteiger partial charge < -0.3 is 9.80 Å². The molecule has 3 aromatic rings. The average Bonchev–Trinajstić information content (AvgIpc) is 3.14. The molecule has 29 heavy (non-hydrogen) atoms. The molecule has 1 aromatic carbocycles. The Morgan fingerprint density at radius 2 is 1.90 bits per heavy atom. The topological polar surface area (TPSA) is 53.7 Å². The Bertz CT molecular complexity index is 1090. The van der Waals surface area contributed by atoms with Crippen LogP contribution in [0, 0.1) is 5.82 Å². The summed E-state index contributed by atoms with van der Waals surface area (Å²) in [5, 5.41) is 4.72. The highest BCUT2D eigenvalue weighted by atomic mass is 35.5. The molecule has 0 radical (unpaired) electrons. The van der Waals surface area contributed by atoms with Gasteiger partial charge in [-0.25, -0.2) is 13.9 Å². The van der Waals surface area contributed by atoms with E-state index in [-0.39, 0.29) is 10.9 Å². The molecule has 0 spiro atoms. The lowest BCUT2D eigenvalue weighted by atomic mass is 9.97. The summed E-state index contributed by atoms with van der Waals surface area (Å²) in [5.41, 5.74) is 4.02. The maximum Gasteiger partial charge on any atom is 0.254 e. The fourth-order valence-electron chi connectivity index (χ4n) is 4.31. The Kier molecular flexibility index (Phi) is 4.62. The zero-order valence-corrected chi connectivity index (χ0v) is 16.7. The van der Waals surface area contributed by atoms with Crippen molar-refractivity contribution >= 4 is 28.8 Å². The third-order valence-electron chi connectivity index (χ3n) is 5.83. The molecule has 5 rings (SSSR count). The van der Waals surface area contributed by atoms with Crippen LogP contribution in [0.2, 0.25) is 5.02 Å². The van der Waals surface area contributed by atoms with E-state index >= 15 is 0 Å². The fraction of sp³-hybridized carbons (Fsp3) is 0.381. The smallest absolute Gasteiger partial charge is 0.254 e. The minimum absolute atomic E-state index is 0.0316. The van der Waals surface area contributed by atoms with E-state index in [1.54, 1.807) is 11.1 Å². The summed E-state index contributed by atoms with van der Waals surface area (Å²) in [6.07, 6.45) is 8.15. The predicted molar refractivity (Wildman–Crippen MR) is 109 cm³/mol. The second-order valence-corrected chi connectivity index (χ2v) is 7.99. The quantitative estimate of drug-likeness (QED) is 0.646. The van der Waals surface area contributed by atoms with Crippen LogP contribution in [0.3, 0.4) is 0 Å². The number of anilines is 1. The summed E-state index contributed by atoms with van der Waals surface area (Å²) in [6.45, 7) is 2.53. The minimum Gasteiger partial charge on any atom is -0.351 e. The number of hydrogen-bond acceptors (Lipinski definition) is 4. The number of piperazine rings is 1. The Morgan fingerprint density at radius 3 is 2.69 bits per heavy atom. The Hall–Kier alpha value is -2.67. The number of halogens is 2. The molecule has 8 heteroatoms. The number of benzene rings is 1. The fourth-order valence-corrected chi connectivity index (χ4v) is 4.49. The van der Waals surface area contributed by atoms with E-state index in [1.807, 2.05) is 10.7 Å². The van der Waals surface area contributed by atoms with Crippen LogP contribution in [0.4, 0.5) is 10.2 Å². The number of nitrogens with zero attached hydrogens (tertiary/aromatic N) is 5. The van der Waals surface area contributed by atoms with Crippen LogP contribution < -0.4 is 4.90 Å². The van der Waals surface area contributed by atoms with Crippen molar-refractivity contribution in [2.24, 2.45) is 0 Å². The van der Waals surface area contributed by atoms with Crippen molar-refractivity contribution < 1.29 is 9.18 Å². The van der Waals surface area contributed by atoms with E-state index in [2.05, 4.69) is 9.88 Å². The number of fused-ring (bicyclic) bond motifs is 3. The van der Waals surface area contributed by atoms with Gasteiger partial charge >= 0.3 is 0 Å². The van der Waals surface area contributed by atoms with Gasteiger partial charge in [-0.2, -0.15) is 5.10 Å². The third-order valence-corrected chi connectivity index (χ3v) is 6.12. The summed E-state index contributed by atoms with van der Waals surface area (Å²) < 4.78 is 15.3. The van der Waals surface area contributed by atoms with Crippen molar-refractivity contribution in [2.45, 2.75) is 25.7 Å². The van der Waals surface area contributed by atoms with Crippen LogP contribution in [-0.2, 0) is 12.8 Å². The first kappa shape index (κ1) is 18.4. The highest BCUT2D eigenvalue weighted by molar-refractivity contribution is 6.31. The van der Waals surface area contributed by atoms with E-state index in [9.17, 15) is 9.18 Å². The minimum atomic E-state index is -0.517. The van der Waals surface area contributed by atoms with Crippen LogP contribution in [-0.4, -0.2) is 51.6 Å². The molecule has 2 aliphatic rings. The molecule has 1 aliphatic carbocycles. The van der Waals surface area contributed by atoms with Crippen molar-refractivity contribution in [1.82, 2.24) is 19.5 Å². The molecular weight excluding hydrogens is 393 g/mol. The highest BCUT2D eigenvalue weighted by Gasteiger charge is 2.27. The molecule has 1 saturated heterocycles. The molecule has 6 nitrogen and oxygen atoms in total. The molecule has 1 fully saturated rings. The first-order chi connectivity index (χ1) is 14.1. The van der Waals surface area contributed by atoms with Gasteiger partial charge in [0.05, 0.1) is 10.7 Å². The zero-order valence-electron chi connectivity index (χ0n) is 15.9. The van der Waals surface area contributed by atoms with E-state index in [0.29, 0.717) is 31.7 Å². The van der Waals surface area contributed by atoms with Crippen LogP contribution in [0.25, 0.3) is 5.52 Å². The lowest BCUT2D eigenvalue weighted by Gasteiger charge is -2.35. The number of aryl methyl sites for hydroxylation is 2. The summed E-state index contributed by atoms with van der Waals surface area (Å²) in [4.78, 5) is 21.4. The number of hydrogen-bond donors (Lipinski definition) is 0. The van der Waals surface area contributed by atoms with Crippen molar-refractivity contribution in [1.29, 1.82) is 0 Å². The van der Waals surface area contributed by atoms with Crippen molar-refractivity contribution in [3.8, 4) is 0 Å². The van der Waals surface area contributed by atoms with Gasteiger partial charge in [0.25, 0.3) is 5.91 Å². The first-order valence-electron chi connectivity index (χ1n) is 9.96.